The number of sulfonamides is 1. The minimum atomic E-state index is -5.08. The third-order valence-corrected chi connectivity index (χ3v) is 8.05. The first-order valence-corrected chi connectivity index (χ1v) is 15.0. The van der Waals surface area contributed by atoms with Crippen molar-refractivity contribution in [3.05, 3.63) is 46.9 Å². The predicted octanol–water partition coefficient (Wildman–Crippen LogP) is 4.70. The maximum absolute atomic E-state index is 12.7. The number of aryl methyl sites for hydroxylation is 1. The Morgan fingerprint density at radius 3 is 2.42 bits per heavy atom. The number of rotatable bonds is 12. The standard InChI is InChI=1S/C23H28ClN5O5S2.C2HF3O2/c1-14-21(35-23(27-14)28-15(2)30)17-10-19(22(24)26-13-17)29-36(31,32)9-5-8-25-12-16-6-7-18(33-3)11-20(16)34-4;3-2(4,5)1(6)7/h6-7,10-11,13,25,29H,5,8-9,12H2,1-4H3,(H,27,28,30);(H,6,7). The largest absolute Gasteiger partial charge is 0.497 e. The highest BCUT2D eigenvalue weighted by atomic mass is 35.5. The van der Waals surface area contributed by atoms with E-state index in [-0.39, 0.29) is 22.5 Å². The van der Waals surface area contributed by atoms with Crippen molar-refractivity contribution in [1.29, 1.82) is 0 Å². The highest BCUT2D eigenvalue weighted by Crippen LogP contribution is 2.35. The first kappa shape index (κ1) is 35.5. The number of amides is 1. The van der Waals surface area contributed by atoms with Gasteiger partial charge in [0.15, 0.2) is 10.3 Å². The van der Waals surface area contributed by atoms with E-state index < -0.39 is 22.2 Å². The van der Waals surface area contributed by atoms with E-state index in [4.69, 9.17) is 31.0 Å². The average Bonchev–Trinajstić information content (AvgIpc) is 3.28. The molecule has 0 saturated heterocycles. The molecule has 2 heterocycles. The van der Waals surface area contributed by atoms with Crippen LogP contribution >= 0.6 is 22.9 Å². The fourth-order valence-corrected chi connectivity index (χ4v) is 5.66. The molecule has 0 atom stereocenters. The predicted molar refractivity (Wildman–Crippen MR) is 156 cm³/mol. The zero-order valence-electron chi connectivity index (χ0n) is 23.3. The van der Waals surface area contributed by atoms with Gasteiger partial charge in [0.05, 0.1) is 36.2 Å². The molecule has 0 radical (unpaired) electrons. The molecule has 1 amide bonds. The Kier molecular flexibility index (Phi) is 13.0. The maximum atomic E-state index is 12.7. The molecule has 43 heavy (non-hydrogen) atoms. The van der Waals surface area contributed by atoms with Crippen LogP contribution in [0.25, 0.3) is 10.4 Å². The molecule has 1 aromatic carbocycles. The summed E-state index contributed by atoms with van der Waals surface area (Å²) in [7, 11) is -0.493. The lowest BCUT2D eigenvalue weighted by Gasteiger charge is -2.12. The highest BCUT2D eigenvalue weighted by Gasteiger charge is 2.38. The van der Waals surface area contributed by atoms with Crippen molar-refractivity contribution in [3.8, 4) is 21.9 Å². The van der Waals surface area contributed by atoms with Gasteiger partial charge in [-0.3, -0.25) is 9.52 Å². The van der Waals surface area contributed by atoms with Gasteiger partial charge in [-0.15, -0.1) is 0 Å². The molecule has 3 aromatic rings. The van der Waals surface area contributed by atoms with Crippen molar-refractivity contribution in [2.24, 2.45) is 0 Å². The number of aliphatic carboxylic acids is 1. The molecule has 0 aliphatic heterocycles. The number of anilines is 2. The number of carbonyl (C=O) groups excluding carboxylic acids is 1. The van der Waals surface area contributed by atoms with E-state index in [1.807, 2.05) is 12.1 Å². The maximum Gasteiger partial charge on any atom is 0.490 e. The quantitative estimate of drug-likeness (QED) is 0.157. The second-order valence-electron chi connectivity index (χ2n) is 8.61. The van der Waals surface area contributed by atoms with Gasteiger partial charge in [0, 0.05) is 36.9 Å². The summed E-state index contributed by atoms with van der Waals surface area (Å²) >= 11 is 7.43. The number of thiazole rings is 1. The number of pyridine rings is 1. The van der Waals surface area contributed by atoms with Crippen molar-refractivity contribution in [2.75, 3.05) is 36.6 Å². The number of nitrogens with one attached hydrogen (secondary N) is 3. The van der Waals surface area contributed by atoms with Crippen molar-refractivity contribution in [3.63, 3.8) is 0 Å². The van der Waals surface area contributed by atoms with E-state index in [1.54, 1.807) is 33.3 Å². The van der Waals surface area contributed by atoms with Crippen LogP contribution in [0.2, 0.25) is 5.15 Å². The summed E-state index contributed by atoms with van der Waals surface area (Å²) in [4.78, 5) is 29.4. The Morgan fingerprint density at radius 2 is 1.84 bits per heavy atom. The Labute approximate surface area is 254 Å². The van der Waals surface area contributed by atoms with Crippen LogP contribution in [-0.2, 0) is 26.2 Å². The molecule has 3 rings (SSSR count). The Morgan fingerprint density at radius 1 is 1.16 bits per heavy atom. The van der Waals surface area contributed by atoms with E-state index in [9.17, 15) is 26.4 Å². The molecule has 0 aliphatic rings. The van der Waals surface area contributed by atoms with Crippen LogP contribution in [-0.4, -0.2) is 68.1 Å². The first-order valence-electron chi connectivity index (χ1n) is 12.2. The number of hydrogen-bond donors (Lipinski definition) is 4. The molecule has 2 aromatic heterocycles. The van der Waals surface area contributed by atoms with E-state index >= 15 is 0 Å². The van der Waals surface area contributed by atoms with Gasteiger partial charge in [0.2, 0.25) is 15.9 Å². The fraction of sp³-hybridized carbons (Fsp3) is 0.360. The second kappa shape index (κ2) is 15.7. The number of ether oxygens (including phenoxy) is 2. The minimum Gasteiger partial charge on any atom is -0.497 e. The highest BCUT2D eigenvalue weighted by molar-refractivity contribution is 7.92. The molecular weight excluding hydrogens is 639 g/mol. The Balaban J connectivity index is 0.000000821. The van der Waals surface area contributed by atoms with Crippen LogP contribution in [0, 0.1) is 6.92 Å². The van der Waals surface area contributed by atoms with Crippen molar-refractivity contribution in [1.82, 2.24) is 15.3 Å². The zero-order valence-corrected chi connectivity index (χ0v) is 25.7. The lowest BCUT2D eigenvalue weighted by molar-refractivity contribution is -0.192. The number of alkyl halides is 3. The number of carboxylic acid groups (broad SMARTS) is 1. The third kappa shape index (κ3) is 11.5. The second-order valence-corrected chi connectivity index (χ2v) is 11.8. The number of hydrogen-bond acceptors (Lipinski definition) is 10. The number of aromatic nitrogens is 2. The van der Waals surface area contributed by atoms with Crippen LogP contribution < -0.4 is 24.8 Å². The van der Waals surface area contributed by atoms with Gasteiger partial charge in [-0.25, -0.2) is 23.2 Å². The van der Waals surface area contributed by atoms with Gasteiger partial charge in [-0.1, -0.05) is 29.0 Å². The van der Waals surface area contributed by atoms with E-state index in [0.717, 1.165) is 10.4 Å². The van der Waals surface area contributed by atoms with E-state index in [0.29, 0.717) is 47.4 Å². The number of methoxy groups -OCH3 is 2. The molecule has 0 spiro atoms. The van der Waals surface area contributed by atoms with Crippen LogP contribution in [0.15, 0.2) is 30.5 Å². The smallest absolute Gasteiger partial charge is 0.490 e. The molecule has 0 aliphatic carbocycles. The Bertz CT molecular complexity index is 1540. The molecule has 236 valence electrons. The first-order chi connectivity index (χ1) is 20.1. The normalized spacial score (nSPS) is 11.3. The number of nitrogens with zero attached hydrogens (tertiary/aromatic N) is 2. The van der Waals surface area contributed by atoms with Crippen molar-refractivity contribution in [2.45, 2.75) is 33.0 Å². The summed E-state index contributed by atoms with van der Waals surface area (Å²) < 4.78 is 70.2. The van der Waals surface area contributed by atoms with Crippen LogP contribution in [0.4, 0.5) is 24.0 Å². The van der Waals surface area contributed by atoms with E-state index in [2.05, 4.69) is 25.3 Å². The molecular formula is C25H29ClF3N5O7S2. The number of carboxylic acids is 1. The molecule has 0 saturated carbocycles. The average molecular weight is 668 g/mol. The van der Waals surface area contributed by atoms with Gasteiger partial charge in [-0.2, -0.15) is 13.2 Å². The summed E-state index contributed by atoms with van der Waals surface area (Å²) in [6.07, 6.45) is -3.16. The van der Waals surface area contributed by atoms with Crippen LogP contribution in [0.1, 0.15) is 24.6 Å². The molecule has 12 nitrogen and oxygen atoms in total. The van der Waals surface area contributed by atoms with Crippen molar-refractivity contribution >= 4 is 55.7 Å². The topological polar surface area (TPSA) is 169 Å². The minimum absolute atomic E-state index is 0.0382. The lowest BCUT2D eigenvalue weighted by atomic mass is 10.2. The molecule has 0 bridgehead atoms. The zero-order chi connectivity index (χ0) is 32.4. The summed E-state index contributed by atoms with van der Waals surface area (Å²) in [6.45, 7) is 4.20. The Hall–Kier alpha value is -3.67. The monoisotopic (exact) mass is 667 g/mol. The molecule has 4 N–H and O–H groups in total. The van der Waals surface area contributed by atoms with Gasteiger partial charge in [-0.05, 0) is 32.0 Å². The van der Waals surface area contributed by atoms with Gasteiger partial charge in [0.25, 0.3) is 0 Å². The van der Waals surface area contributed by atoms with Gasteiger partial charge in [0.1, 0.15) is 11.5 Å². The summed E-state index contributed by atoms with van der Waals surface area (Å²) in [5.74, 6) is -1.70. The lowest BCUT2D eigenvalue weighted by Crippen LogP contribution is -2.22. The fourth-order valence-electron chi connectivity index (χ4n) is 3.34. The van der Waals surface area contributed by atoms with Gasteiger partial charge >= 0.3 is 12.1 Å². The molecule has 0 unspecified atom stereocenters. The van der Waals surface area contributed by atoms with Crippen LogP contribution in [0.3, 0.4) is 0 Å². The number of carbonyl (C=O) groups is 2. The number of halogens is 4. The molecule has 0 fully saturated rings. The SMILES string of the molecule is COc1ccc(CNCCCS(=O)(=O)Nc2cc(-c3sc(NC(C)=O)nc3C)cnc2Cl)c(OC)c1.O=C(O)C(F)(F)F. The number of benzene rings is 1. The van der Waals surface area contributed by atoms with E-state index in [1.165, 1.54) is 24.5 Å². The van der Waals surface area contributed by atoms with Crippen LogP contribution in [0.5, 0.6) is 11.5 Å². The summed E-state index contributed by atoms with van der Waals surface area (Å²) in [5.41, 5.74) is 2.44. The summed E-state index contributed by atoms with van der Waals surface area (Å²) in [5, 5.41) is 13.5. The molecule has 18 heteroatoms. The summed E-state index contributed by atoms with van der Waals surface area (Å²) in [6, 6.07) is 7.15. The van der Waals surface area contributed by atoms with Gasteiger partial charge < -0.3 is 25.2 Å². The third-order valence-electron chi connectivity index (χ3n) is 5.27. The van der Waals surface area contributed by atoms with Crippen molar-refractivity contribution < 1.29 is 45.8 Å².